The summed E-state index contributed by atoms with van der Waals surface area (Å²) in [5.74, 6) is 0.301. The summed E-state index contributed by atoms with van der Waals surface area (Å²) >= 11 is 3.35. The second-order valence-electron chi connectivity index (χ2n) is 4.20. The first kappa shape index (κ1) is 14.6. The Bertz CT molecular complexity index is 629. The summed E-state index contributed by atoms with van der Waals surface area (Å²) in [7, 11) is 1.54. The van der Waals surface area contributed by atoms with E-state index in [1.54, 1.807) is 18.2 Å². The number of carbonyl (C=O) groups excluding carboxylic acids is 1. The maximum absolute atomic E-state index is 12.3. The molecule has 0 fully saturated rings. The third-order valence-corrected chi connectivity index (χ3v) is 3.32. The third-order valence-electron chi connectivity index (χ3n) is 2.83. The van der Waals surface area contributed by atoms with Crippen LogP contribution in [-0.4, -0.2) is 13.0 Å². The molecule has 1 amide bonds. The highest BCUT2D eigenvalue weighted by molar-refractivity contribution is 9.10. The Balaban J connectivity index is 2.23. The van der Waals surface area contributed by atoms with Gasteiger partial charge in [-0.15, -0.1) is 0 Å². The van der Waals surface area contributed by atoms with Gasteiger partial charge in [-0.1, -0.05) is 28.1 Å². The Labute approximate surface area is 126 Å². The van der Waals surface area contributed by atoms with E-state index in [-0.39, 0.29) is 5.91 Å². The minimum atomic E-state index is -0.219. The lowest BCUT2D eigenvalue weighted by atomic mass is 10.1. The van der Waals surface area contributed by atoms with Crippen LogP contribution < -0.4 is 15.8 Å². The van der Waals surface area contributed by atoms with Crippen LogP contribution in [0.4, 0.5) is 5.69 Å². The molecule has 0 radical (unpaired) electrons. The van der Waals surface area contributed by atoms with Gasteiger partial charge in [-0.2, -0.15) is 0 Å². The molecule has 0 aliphatic heterocycles. The van der Waals surface area contributed by atoms with Crippen LogP contribution in [0.2, 0.25) is 0 Å². The number of hydrogen-bond acceptors (Lipinski definition) is 3. The largest absolute Gasteiger partial charge is 0.496 e. The van der Waals surface area contributed by atoms with Crippen LogP contribution >= 0.6 is 15.9 Å². The van der Waals surface area contributed by atoms with Crippen LogP contribution in [0.15, 0.2) is 46.9 Å². The summed E-state index contributed by atoms with van der Waals surface area (Å²) in [5.41, 5.74) is 7.74. The van der Waals surface area contributed by atoms with Crippen molar-refractivity contribution in [3.63, 3.8) is 0 Å². The fraction of sp³-hybridized carbons (Fsp3) is 0.133. The SMILES string of the molecule is COc1cc(Br)ccc1C(=O)Nc1cccc(CN)c1. The van der Waals surface area contributed by atoms with Crippen LogP contribution in [0.5, 0.6) is 5.75 Å². The van der Waals surface area contributed by atoms with E-state index in [1.165, 1.54) is 7.11 Å². The quantitative estimate of drug-likeness (QED) is 0.902. The smallest absolute Gasteiger partial charge is 0.259 e. The van der Waals surface area contributed by atoms with Crippen LogP contribution in [0.1, 0.15) is 15.9 Å². The molecular formula is C15H15BrN2O2. The van der Waals surface area contributed by atoms with Crippen LogP contribution in [0.25, 0.3) is 0 Å². The van der Waals surface area contributed by atoms with Crippen LogP contribution in [0.3, 0.4) is 0 Å². The Hall–Kier alpha value is -1.85. The van der Waals surface area contributed by atoms with E-state index in [9.17, 15) is 4.79 Å². The Morgan fingerprint density at radius 3 is 2.80 bits per heavy atom. The molecule has 0 unspecified atom stereocenters. The lowest BCUT2D eigenvalue weighted by molar-refractivity contribution is 0.102. The predicted molar refractivity (Wildman–Crippen MR) is 83.0 cm³/mol. The Morgan fingerprint density at radius 2 is 2.10 bits per heavy atom. The molecule has 0 saturated carbocycles. The van der Waals surface area contributed by atoms with Crippen molar-refractivity contribution >= 4 is 27.5 Å². The topological polar surface area (TPSA) is 64.3 Å². The average molecular weight is 335 g/mol. The maximum atomic E-state index is 12.3. The van der Waals surface area contributed by atoms with Crippen molar-refractivity contribution in [1.82, 2.24) is 0 Å². The third kappa shape index (κ3) is 3.37. The minimum absolute atomic E-state index is 0.219. The first-order valence-corrected chi connectivity index (χ1v) is 6.87. The van der Waals surface area contributed by atoms with Crippen molar-refractivity contribution < 1.29 is 9.53 Å². The molecular weight excluding hydrogens is 320 g/mol. The fourth-order valence-electron chi connectivity index (χ4n) is 1.83. The molecule has 5 heteroatoms. The summed E-state index contributed by atoms with van der Waals surface area (Å²) in [6.45, 7) is 0.436. The van der Waals surface area contributed by atoms with Gasteiger partial charge in [0.2, 0.25) is 0 Å². The highest BCUT2D eigenvalue weighted by Crippen LogP contribution is 2.24. The lowest BCUT2D eigenvalue weighted by Gasteiger charge is -2.10. The predicted octanol–water partition coefficient (Wildman–Crippen LogP) is 3.17. The van der Waals surface area contributed by atoms with E-state index < -0.39 is 0 Å². The minimum Gasteiger partial charge on any atom is -0.496 e. The second kappa shape index (κ2) is 6.54. The molecule has 0 aliphatic rings. The number of nitrogens with two attached hydrogens (primary N) is 1. The monoisotopic (exact) mass is 334 g/mol. The average Bonchev–Trinajstić information content (AvgIpc) is 2.47. The van der Waals surface area contributed by atoms with Crippen molar-refractivity contribution in [1.29, 1.82) is 0 Å². The van der Waals surface area contributed by atoms with Gasteiger partial charge >= 0.3 is 0 Å². The van der Waals surface area contributed by atoms with Crippen molar-refractivity contribution in [2.75, 3.05) is 12.4 Å². The highest BCUT2D eigenvalue weighted by Gasteiger charge is 2.12. The number of benzene rings is 2. The van der Waals surface area contributed by atoms with Gasteiger partial charge in [0.1, 0.15) is 5.75 Å². The summed E-state index contributed by atoms with van der Waals surface area (Å²) in [5, 5.41) is 2.84. The van der Waals surface area contributed by atoms with E-state index in [0.29, 0.717) is 23.5 Å². The molecule has 4 nitrogen and oxygen atoms in total. The number of ether oxygens (including phenoxy) is 1. The number of hydrogen-bond donors (Lipinski definition) is 2. The van der Waals surface area contributed by atoms with Gasteiger partial charge in [0.15, 0.2) is 0 Å². The van der Waals surface area contributed by atoms with Gasteiger partial charge in [-0.25, -0.2) is 0 Å². The van der Waals surface area contributed by atoms with Crippen molar-refractivity contribution in [3.05, 3.63) is 58.1 Å². The number of halogens is 1. The summed E-state index contributed by atoms with van der Waals surface area (Å²) in [6.07, 6.45) is 0. The van der Waals surface area contributed by atoms with E-state index in [2.05, 4.69) is 21.2 Å². The summed E-state index contributed by atoms with van der Waals surface area (Å²) < 4.78 is 6.08. The van der Waals surface area contributed by atoms with E-state index in [0.717, 1.165) is 10.0 Å². The molecule has 0 bridgehead atoms. The summed E-state index contributed by atoms with van der Waals surface area (Å²) in [6, 6.07) is 12.7. The Morgan fingerprint density at radius 1 is 1.30 bits per heavy atom. The normalized spacial score (nSPS) is 10.2. The van der Waals surface area contributed by atoms with Crippen LogP contribution in [0, 0.1) is 0 Å². The molecule has 20 heavy (non-hydrogen) atoms. The molecule has 0 spiro atoms. The van der Waals surface area contributed by atoms with Gasteiger partial charge in [-0.05, 0) is 35.9 Å². The molecule has 0 aromatic heterocycles. The molecule has 104 valence electrons. The maximum Gasteiger partial charge on any atom is 0.259 e. The zero-order valence-electron chi connectivity index (χ0n) is 11.0. The fourth-order valence-corrected chi connectivity index (χ4v) is 2.17. The van der Waals surface area contributed by atoms with Gasteiger partial charge in [0.05, 0.1) is 12.7 Å². The number of nitrogens with one attached hydrogen (secondary N) is 1. The van der Waals surface area contributed by atoms with E-state index in [1.807, 2.05) is 24.3 Å². The number of methoxy groups -OCH3 is 1. The second-order valence-corrected chi connectivity index (χ2v) is 5.12. The van der Waals surface area contributed by atoms with Gasteiger partial charge < -0.3 is 15.8 Å². The zero-order valence-corrected chi connectivity index (χ0v) is 12.6. The van der Waals surface area contributed by atoms with Gasteiger partial charge in [-0.3, -0.25) is 4.79 Å². The number of carbonyl (C=O) groups is 1. The summed E-state index contributed by atoms with van der Waals surface area (Å²) in [4.78, 5) is 12.3. The van der Waals surface area contributed by atoms with E-state index >= 15 is 0 Å². The zero-order chi connectivity index (χ0) is 14.5. The van der Waals surface area contributed by atoms with Crippen molar-refractivity contribution in [2.24, 2.45) is 5.73 Å². The molecule has 0 atom stereocenters. The van der Waals surface area contributed by atoms with Crippen molar-refractivity contribution in [2.45, 2.75) is 6.54 Å². The molecule has 0 aliphatic carbocycles. The molecule has 2 rings (SSSR count). The number of anilines is 1. The molecule has 0 heterocycles. The van der Waals surface area contributed by atoms with Crippen molar-refractivity contribution in [3.8, 4) is 5.75 Å². The van der Waals surface area contributed by atoms with Gasteiger partial charge in [0, 0.05) is 16.7 Å². The first-order chi connectivity index (χ1) is 9.63. The molecule has 3 N–H and O–H groups in total. The Kier molecular flexibility index (Phi) is 4.76. The molecule has 0 saturated heterocycles. The number of rotatable bonds is 4. The number of amides is 1. The van der Waals surface area contributed by atoms with Crippen LogP contribution in [-0.2, 0) is 6.54 Å². The molecule has 2 aromatic carbocycles. The first-order valence-electron chi connectivity index (χ1n) is 6.08. The van der Waals surface area contributed by atoms with Gasteiger partial charge in [0.25, 0.3) is 5.91 Å². The standard InChI is InChI=1S/C15H15BrN2O2/c1-20-14-8-11(16)5-6-13(14)15(19)18-12-4-2-3-10(7-12)9-17/h2-8H,9,17H2,1H3,(H,18,19). The highest BCUT2D eigenvalue weighted by atomic mass is 79.9. The lowest BCUT2D eigenvalue weighted by Crippen LogP contribution is -2.13. The molecule has 2 aromatic rings. The van der Waals surface area contributed by atoms with E-state index in [4.69, 9.17) is 10.5 Å².